The standard InChI is InChI=1S/C15H23NO6/c1-8(2)22-12-6-11(15(20)21-4)5-10(7-13(18)19)14(12)16-9(3)17/h6,8,10,12,14H,5,7H2,1-4H3,(H,16,17)(H,18,19)/t10-,12-,14-/m1/s1. The Morgan fingerprint density at radius 2 is 2.05 bits per heavy atom. The van der Waals surface area contributed by atoms with Crippen molar-refractivity contribution in [2.45, 2.75) is 51.9 Å². The average Bonchev–Trinajstić information content (AvgIpc) is 2.39. The van der Waals surface area contributed by atoms with Crippen molar-refractivity contribution in [2.75, 3.05) is 7.11 Å². The SMILES string of the molecule is COC(=O)C1=C[C@@H](OC(C)C)[C@H](NC(C)=O)[C@@H](CC(=O)O)C1. The Kier molecular flexibility index (Phi) is 6.55. The van der Waals surface area contributed by atoms with Crippen molar-refractivity contribution in [1.29, 1.82) is 0 Å². The van der Waals surface area contributed by atoms with Gasteiger partial charge in [0.05, 0.1) is 31.8 Å². The smallest absolute Gasteiger partial charge is 0.333 e. The van der Waals surface area contributed by atoms with E-state index < -0.39 is 30.0 Å². The van der Waals surface area contributed by atoms with Gasteiger partial charge in [-0.1, -0.05) is 0 Å². The van der Waals surface area contributed by atoms with Crippen molar-refractivity contribution in [1.82, 2.24) is 5.32 Å². The van der Waals surface area contributed by atoms with E-state index in [1.54, 1.807) is 6.08 Å². The zero-order valence-corrected chi connectivity index (χ0v) is 13.3. The van der Waals surface area contributed by atoms with E-state index in [1.807, 2.05) is 13.8 Å². The number of esters is 1. The third-order valence-corrected chi connectivity index (χ3v) is 3.39. The van der Waals surface area contributed by atoms with Gasteiger partial charge in [0.15, 0.2) is 0 Å². The molecule has 22 heavy (non-hydrogen) atoms. The number of carboxylic acid groups (broad SMARTS) is 1. The Hall–Kier alpha value is -1.89. The zero-order valence-electron chi connectivity index (χ0n) is 13.3. The summed E-state index contributed by atoms with van der Waals surface area (Å²) in [7, 11) is 1.27. The van der Waals surface area contributed by atoms with Gasteiger partial charge in [-0.3, -0.25) is 9.59 Å². The van der Waals surface area contributed by atoms with Gasteiger partial charge in [-0.05, 0) is 32.3 Å². The fraction of sp³-hybridized carbons (Fsp3) is 0.667. The number of aliphatic carboxylic acids is 1. The minimum absolute atomic E-state index is 0.139. The largest absolute Gasteiger partial charge is 0.481 e. The summed E-state index contributed by atoms with van der Waals surface area (Å²) in [5, 5.41) is 11.8. The molecular weight excluding hydrogens is 290 g/mol. The Morgan fingerprint density at radius 3 is 2.50 bits per heavy atom. The van der Waals surface area contributed by atoms with E-state index in [-0.39, 0.29) is 24.9 Å². The first-order chi connectivity index (χ1) is 10.2. The van der Waals surface area contributed by atoms with Gasteiger partial charge in [-0.2, -0.15) is 0 Å². The minimum Gasteiger partial charge on any atom is -0.481 e. The summed E-state index contributed by atoms with van der Waals surface area (Å²) in [5.41, 5.74) is 0.376. The van der Waals surface area contributed by atoms with E-state index >= 15 is 0 Å². The van der Waals surface area contributed by atoms with E-state index in [1.165, 1.54) is 14.0 Å². The lowest BCUT2D eigenvalue weighted by Gasteiger charge is -2.37. The molecule has 7 heteroatoms. The van der Waals surface area contributed by atoms with Gasteiger partial charge < -0.3 is 19.9 Å². The molecule has 0 saturated heterocycles. The van der Waals surface area contributed by atoms with Crippen LogP contribution in [0.25, 0.3) is 0 Å². The molecule has 3 atom stereocenters. The lowest BCUT2D eigenvalue weighted by Crippen LogP contribution is -2.51. The zero-order chi connectivity index (χ0) is 16.9. The molecule has 0 aromatic rings. The highest BCUT2D eigenvalue weighted by Gasteiger charge is 2.38. The second-order valence-corrected chi connectivity index (χ2v) is 5.62. The van der Waals surface area contributed by atoms with Gasteiger partial charge in [-0.25, -0.2) is 4.79 Å². The number of ether oxygens (including phenoxy) is 2. The first-order valence-electron chi connectivity index (χ1n) is 7.18. The maximum absolute atomic E-state index is 11.8. The highest BCUT2D eigenvalue weighted by atomic mass is 16.5. The molecule has 0 bridgehead atoms. The summed E-state index contributed by atoms with van der Waals surface area (Å²) in [4.78, 5) is 34.3. The third-order valence-electron chi connectivity index (χ3n) is 3.39. The highest BCUT2D eigenvalue weighted by Crippen LogP contribution is 2.30. The molecule has 0 saturated carbocycles. The molecule has 0 aromatic heterocycles. The van der Waals surface area contributed by atoms with E-state index in [4.69, 9.17) is 14.6 Å². The van der Waals surface area contributed by atoms with Crippen LogP contribution in [0.1, 0.15) is 33.6 Å². The molecule has 1 aliphatic carbocycles. The highest BCUT2D eigenvalue weighted by molar-refractivity contribution is 5.89. The maximum Gasteiger partial charge on any atom is 0.333 e. The molecule has 0 heterocycles. The number of nitrogens with one attached hydrogen (secondary N) is 1. The number of rotatable bonds is 6. The molecule has 0 fully saturated rings. The normalized spacial score (nSPS) is 24.6. The summed E-state index contributed by atoms with van der Waals surface area (Å²) in [6.07, 6.45) is 0.959. The second kappa shape index (κ2) is 7.93. The van der Waals surface area contributed by atoms with Crippen molar-refractivity contribution in [2.24, 2.45) is 5.92 Å². The Balaban J connectivity index is 3.12. The second-order valence-electron chi connectivity index (χ2n) is 5.62. The van der Waals surface area contributed by atoms with Crippen LogP contribution in [0, 0.1) is 5.92 Å². The first kappa shape index (κ1) is 18.2. The molecule has 0 unspecified atom stereocenters. The number of carbonyl (C=O) groups excluding carboxylic acids is 2. The first-order valence-corrected chi connectivity index (χ1v) is 7.18. The maximum atomic E-state index is 11.8. The van der Waals surface area contributed by atoms with Crippen molar-refractivity contribution >= 4 is 17.8 Å². The summed E-state index contributed by atoms with van der Waals surface area (Å²) in [5.74, 6) is -2.21. The van der Waals surface area contributed by atoms with Crippen LogP contribution in [0.5, 0.6) is 0 Å². The quantitative estimate of drug-likeness (QED) is 0.706. The summed E-state index contributed by atoms with van der Waals surface area (Å²) in [6, 6.07) is -0.496. The van der Waals surface area contributed by atoms with Crippen LogP contribution in [-0.4, -0.2) is 48.3 Å². The molecule has 2 N–H and O–H groups in total. The number of carboxylic acids is 1. The van der Waals surface area contributed by atoms with Gasteiger partial charge in [0.25, 0.3) is 0 Å². The Morgan fingerprint density at radius 1 is 1.41 bits per heavy atom. The molecule has 124 valence electrons. The van der Waals surface area contributed by atoms with Crippen LogP contribution in [0.2, 0.25) is 0 Å². The molecule has 1 rings (SSSR count). The predicted molar refractivity (Wildman–Crippen MR) is 78.1 cm³/mol. The number of methoxy groups -OCH3 is 1. The molecular formula is C15H23NO6. The Labute approximate surface area is 129 Å². The summed E-state index contributed by atoms with van der Waals surface area (Å²) in [6.45, 7) is 5.03. The van der Waals surface area contributed by atoms with Crippen molar-refractivity contribution < 1.29 is 29.0 Å². The monoisotopic (exact) mass is 313 g/mol. The van der Waals surface area contributed by atoms with Crippen LogP contribution in [-0.2, 0) is 23.9 Å². The molecule has 0 radical (unpaired) electrons. The molecule has 7 nitrogen and oxygen atoms in total. The van der Waals surface area contributed by atoms with Crippen LogP contribution < -0.4 is 5.32 Å². The average molecular weight is 313 g/mol. The van der Waals surface area contributed by atoms with Gasteiger partial charge in [0, 0.05) is 12.5 Å². The van der Waals surface area contributed by atoms with Crippen molar-refractivity contribution in [3.8, 4) is 0 Å². The molecule has 0 aromatic carbocycles. The van der Waals surface area contributed by atoms with Crippen LogP contribution in [0.15, 0.2) is 11.6 Å². The molecule has 0 spiro atoms. The molecule has 0 aliphatic heterocycles. The molecule has 1 amide bonds. The number of carbonyl (C=O) groups is 3. The number of amides is 1. The summed E-state index contributed by atoms with van der Waals surface area (Å²) >= 11 is 0. The van der Waals surface area contributed by atoms with Gasteiger partial charge in [0.1, 0.15) is 0 Å². The van der Waals surface area contributed by atoms with Crippen molar-refractivity contribution in [3.05, 3.63) is 11.6 Å². The number of hydrogen-bond donors (Lipinski definition) is 2. The minimum atomic E-state index is -0.991. The van der Waals surface area contributed by atoms with Gasteiger partial charge >= 0.3 is 11.9 Å². The van der Waals surface area contributed by atoms with Crippen LogP contribution in [0.4, 0.5) is 0 Å². The van der Waals surface area contributed by atoms with E-state index in [2.05, 4.69) is 5.32 Å². The number of hydrogen-bond acceptors (Lipinski definition) is 5. The summed E-state index contributed by atoms with van der Waals surface area (Å²) < 4.78 is 10.5. The van der Waals surface area contributed by atoms with Crippen LogP contribution in [0.3, 0.4) is 0 Å². The lowest BCUT2D eigenvalue weighted by atomic mass is 9.80. The van der Waals surface area contributed by atoms with Gasteiger partial charge in [0.2, 0.25) is 5.91 Å². The third kappa shape index (κ3) is 5.14. The lowest BCUT2D eigenvalue weighted by molar-refractivity contribution is -0.141. The van der Waals surface area contributed by atoms with Gasteiger partial charge in [-0.15, -0.1) is 0 Å². The van der Waals surface area contributed by atoms with Crippen molar-refractivity contribution in [3.63, 3.8) is 0 Å². The predicted octanol–water partition coefficient (Wildman–Crippen LogP) is 0.879. The Bertz CT molecular complexity index is 471. The molecule has 1 aliphatic rings. The van der Waals surface area contributed by atoms with E-state index in [0.717, 1.165) is 0 Å². The van der Waals surface area contributed by atoms with E-state index in [0.29, 0.717) is 5.57 Å². The topological polar surface area (TPSA) is 102 Å². The van der Waals surface area contributed by atoms with E-state index in [9.17, 15) is 14.4 Å². The fourth-order valence-corrected chi connectivity index (χ4v) is 2.63. The fourth-order valence-electron chi connectivity index (χ4n) is 2.63. The van der Waals surface area contributed by atoms with Crippen LogP contribution >= 0.6 is 0 Å².